The fourth-order valence-electron chi connectivity index (χ4n) is 4.02. The van der Waals surface area contributed by atoms with Crippen LogP contribution in [0.5, 0.6) is 5.75 Å². The van der Waals surface area contributed by atoms with Crippen molar-refractivity contribution in [2.75, 3.05) is 5.73 Å². The van der Waals surface area contributed by atoms with Crippen molar-refractivity contribution in [3.8, 4) is 28.6 Å². The van der Waals surface area contributed by atoms with E-state index in [0.717, 1.165) is 0 Å². The predicted molar refractivity (Wildman–Crippen MR) is 115 cm³/mol. The van der Waals surface area contributed by atoms with Crippen molar-refractivity contribution < 1.29 is 9.13 Å². The van der Waals surface area contributed by atoms with E-state index in [1.165, 1.54) is 40.0 Å². The highest BCUT2D eigenvalue weighted by Crippen LogP contribution is 2.36. The maximum absolute atomic E-state index is 14.2. The van der Waals surface area contributed by atoms with Crippen LogP contribution in [-0.2, 0) is 13.5 Å². The first-order valence-corrected chi connectivity index (χ1v) is 9.98. The normalized spacial score (nSPS) is 14.5. The molecule has 0 spiro atoms. The molecule has 1 atom stereocenters. The highest BCUT2D eigenvalue weighted by atomic mass is 19.1. The number of nitriles is 1. The lowest BCUT2D eigenvalue weighted by atomic mass is 10.0. The van der Waals surface area contributed by atoms with Gasteiger partial charge in [-0.15, -0.1) is 0 Å². The second kappa shape index (κ2) is 7.52. The third-order valence-corrected chi connectivity index (χ3v) is 5.52. The summed E-state index contributed by atoms with van der Waals surface area (Å²) in [6, 6.07) is 7.85. The molecule has 1 aliphatic rings. The van der Waals surface area contributed by atoms with Gasteiger partial charge in [-0.1, -0.05) is 0 Å². The van der Waals surface area contributed by atoms with Gasteiger partial charge in [0.2, 0.25) is 0 Å². The Morgan fingerprint density at radius 1 is 1.27 bits per heavy atom. The van der Waals surface area contributed by atoms with Gasteiger partial charge in [-0.05, 0) is 31.2 Å². The summed E-state index contributed by atoms with van der Waals surface area (Å²) in [5, 5.41) is 14.3. The number of aryl methyl sites for hydroxylation is 1. The second-order valence-corrected chi connectivity index (χ2v) is 7.56. The Labute approximate surface area is 186 Å². The van der Waals surface area contributed by atoms with E-state index in [1.807, 2.05) is 0 Å². The Morgan fingerprint density at radius 2 is 2.09 bits per heavy atom. The van der Waals surface area contributed by atoms with E-state index < -0.39 is 17.6 Å². The van der Waals surface area contributed by atoms with E-state index in [1.54, 1.807) is 20.0 Å². The van der Waals surface area contributed by atoms with Gasteiger partial charge in [0.05, 0.1) is 17.8 Å². The van der Waals surface area contributed by atoms with E-state index in [9.17, 15) is 14.4 Å². The molecule has 1 aliphatic heterocycles. The fourth-order valence-corrected chi connectivity index (χ4v) is 4.02. The zero-order valence-corrected chi connectivity index (χ0v) is 17.7. The highest BCUT2D eigenvalue weighted by molar-refractivity contribution is 5.74. The van der Waals surface area contributed by atoms with Gasteiger partial charge in [0, 0.05) is 29.9 Å². The number of ether oxygens (including phenoxy) is 1. The molecule has 164 valence electrons. The Hall–Kier alpha value is -4.59. The number of pyridine rings is 1. The molecule has 0 saturated heterocycles. The van der Waals surface area contributed by atoms with Crippen LogP contribution in [0.2, 0.25) is 0 Å². The quantitative estimate of drug-likeness (QED) is 0.435. The molecule has 2 N–H and O–H groups in total. The molecule has 0 amide bonds. The largest absolute Gasteiger partial charge is 0.482 e. The lowest BCUT2D eigenvalue weighted by Crippen LogP contribution is -2.27. The van der Waals surface area contributed by atoms with Crippen LogP contribution in [0.3, 0.4) is 0 Å². The highest BCUT2D eigenvalue weighted by Gasteiger charge is 2.25. The lowest BCUT2D eigenvalue weighted by Gasteiger charge is -2.22. The van der Waals surface area contributed by atoms with Crippen LogP contribution in [0.15, 0.2) is 41.6 Å². The summed E-state index contributed by atoms with van der Waals surface area (Å²) < 4.78 is 23.1. The van der Waals surface area contributed by atoms with Gasteiger partial charge in [-0.2, -0.15) is 15.3 Å². The van der Waals surface area contributed by atoms with Crippen molar-refractivity contribution >= 4 is 5.82 Å². The molecule has 0 radical (unpaired) electrons. The lowest BCUT2D eigenvalue weighted by molar-refractivity contribution is 0.227. The molecular weight excluding hydrogens is 427 g/mol. The van der Waals surface area contributed by atoms with Gasteiger partial charge in [0.15, 0.2) is 11.6 Å². The Balaban J connectivity index is 1.88. The smallest absolute Gasteiger partial charge is 0.355 e. The number of rotatable bonds is 0. The van der Waals surface area contributed by atoms with Crippen LogP contribution in [0, 0.1) is 17.1 Å². The number of nitrogens with two attached hydrogens (primary N) is 1. The third kappa shape index (κ3) is 3.28. The van der Waals surface area contributed by atoms with Gasteiger partial charge in [0.25, 0.3) is 0 Å². The first-order valence-electron chi connectivity index (χ1n) is 9.98. The Kier molecular flexibility index (Phi) is 4.63. The molecule has 10 nitrogen and oxygen atoms in total. The summed E-state index contributed by atoms with van der Waals surface area (Å²) in [5.41, 5.74) is 8.12. The van der Waals surface area contributed by atoms with Gasteiger partial charge in [-0.3, -0.25) is 4.68 Å². The van der Waals surface area contributed by atoms with Gasteiger partial charge >= 0.3 is 5.69 Å². The molecule has 5 rings (SSSR count). The van der Waals surface area contributed by atoms with E-state index in [-0.39, 0.29) is 18.0 Å². The number of halogens is 1. The van der Waals surface area contributed by atoms with E-state index >= 15 is 0 Å². The molecule has 0 saturated carbocycles. The molecule has 2 bridgehead atoms. The van der Waals surface area contributed by atoms with Gasteiger partial charge < -0.3 is 10.5 Å². The summed E-state index contributed by atoms with van der Waals surface area (Å²) in [6.45, 7) is 1.71. The van der Waals surface area contributed by atoms with E-state index in [0.29, 0.717) is 39.6 Å². The second-order valence-electron chi connectivity index (χ2n) is 7.56. The van der Waals surface area contributed by atoms with Gasteiger partial charge in [0.1, 0.15) is 35.8 Å². The van der Waals surface area contributed by atoms with Crippen molar-refractivity contribution in [1.29, 1.82) is 5.26 Å². The molecule has 4 aromatic rings. The van der Waals surface area contributed by atoms with Crippen LogP contribution in [-0.4, -0.2) is 29.3 Å². The minimum Gasteiger partial charge on any atom is -0.482 e. The summed E-state index contributed by atoms with van der Waals surface area (Å²) in [7, 11) is 1.65. The van der Waals surface area contributed by atoms with Crippen molar-refractivity contribution in [3.05, 3.63) is 75.9 Å². The number of hydrogen-bond donors (Lipinski definition) is 1. The number of benzene rings is 1. The maximum atomic E-state index is 14.2. The number of anilines is 1. The molecule has 33 heavy (non-hydrogen) atoms. The van der Waals surface area contributed by atoms with Crippen molar-refractivity contribution in [1.82, 2.24) is 29.3 Å². The summed E-state index contributed by atoms with van der Waals surface area (Å²) >= 11 is 0. The summed E-state index contributed by atoms with van der Waals surface area (Å²) in [4.78, 5) is 25.2. The van der Waals surface area contributed by atoms with Crippen LogP contribution < -0.4 is 16.2 Å². The topological polar surface area (TPSA) is 138 Å². The Bertz CT molecular complexity index is 1520. The van der Waals surface area contributed by atoms with Crippen molar-refractivity contribution in [2.24, 2.45) is 7.05 Å². The molecule has 1 aromatic carbocycles. The Morgan fingerprint density at radius 3 is 2.88 bits per heavy atom. The molecule has 0 fully saturated rings. The van der Waals surface area contributed by atoms with Gasteiger partial charge in [-0.25, -0.2) is 23.7 Å². The zero-order valence-electron chi connectivity index (χ0n) is 17.7. The fraction of sp³-hybridized carbons (Fsp3) is 0.182. The van der Waals surface area contributed by atoms with Crippen molar-refractivity contribution in [2.45, 2.75) is 19.4 Å². The van der Waals surface area contributed by atoms with Crippen molar-refractivity contribution in [3.63, 3.8) is 0 Å². The van der Waals surface area contributed by atoms with Crippen LogP contribution in [0.4, 0.5) is 10.2 Å². The number of nitrogens with zero attached hydrogens (tertiary/aromatic N) is 7. The number of fused-ring (bicyclic) bond motifs is 7. The monoisotopic (exact) mass is 444 g/mol. The van der Waals surface area contributed by atoms with E-state index in [2.05, 4.69) is 26.1 Å². The summed E-state index contributed by atoms with van der Waals surface area (Å²) in [6.07, 6.45) is 2.09. The molecular formula is C22H17FN8O2. The number of nitrogen functional groups attached to an aromatic ring is 1. The molecule has 4 heterocycles. The number of aromatic nitrogens is 6. The third-order valence-electron chi connectivity index (χ3n) is 5.52. The average molecular weight is 444 g/mol. The first kappa shape index (κ1) is 20.3. The molecule has 0 unspecified atom stereocenters. The summed E-state index contributed by atoms with van der Waals surface area (Å²) in [5.74, 6) is 0.216. The molecule has 3 aromatic heterocycles. The van der Waals surface area contributed by atoms with Crippen LogP contribution in [0.1, 0.15) is 35.8 Å². The first-order chi connectivity index (χ1) is 15.9. The zero-order chi connectivity index (χ0) is 23.3. The molecule has 11 heteroatoms. The minimum atomic E-state index is -0.710. The average Bonchev–Trinajstić information content (AvgIpc) is 3.09. The van der Waals surface area contributed by atoms with Crippen LogP contribution in [0.25, 0.3) is 16.8 Å². The SMILES string of the molecule is C[C@H]1Oc2cc(cnc2N)-c2c(nn(C)c2C#N)Cc2ncnc(=O)n2-c2ccc(F)cc21. The standard InChI is InChI=1S/C22H17FN8O2/c1-11-14-6-13(23)3-4-16(14)31-19(27-10-28-22(31)32)7-15-20(17(8-24)30(2)29-15)12-5-18(33-11)21(25)26-9-12/h3-6,9-11H,7H2,1-2H3,(H2,25,26)/t11-/m1/s1. The maximum Gasteiger partial charge on any atom is 0.355 e. The van der Waals surface area contributed by atoms with Crippen LogP contribution >= 0.6 is 0 Å². The molecule has 0 aliphatic carbocycles. The van der Waals surface area contributed by atoms with E-state index in [4.69, 9.17) is 10.5 Å². The number of hydrogen-bond acceptors (Lipinski definition) is 8. The minimum absolute atomic E-state index is 0.106. The predicted octanol–water partition coefficient (Wildman–Crippen LogP) is 2.06.